The van der Waals surface area contributed by atoms with Crippen LogP contribution in [-0.2, 0) is 6.54 Å². The van der Waals surface area contributed by atoms with Crippen LogP contribution in [0, 0.1) is 27.7 Å². The predicted octanol–water partition coefficient (Wildman–Crippen LogP) is 3.61. The van der Waals surface area contributed by atoms with E-state index in [1.165, 1.54) is 0 Å². The Balaban J connectivity index is 2.59. The van der Waals surface area contributed by atoms with Gasteiger partial charge < -0.3 is 5.73 Å². The molecule has 0 aliphatic rings. The van der Waals surface area contributed by atoms with Gasteiger partial charge in [0.15, 0.2) is 5.78 Å². The van der Waals surface area contributed by atoms with Crippen LogP contribution in [0.15, 0.2) is 30.3 Å². The molecule has 0 unspecified atom stereocenters. The zero-order chi connectivity index (χ0) is 14.9. The van der Waals surface area contributed by atoms with E-state index in [1.807, 2.05) is 38.1 Å². The van der Waals surface area contributed by atoms with Crippen molar-refractivity contribution in [3.63, 3.8) is 0 Å². The Labute approximate surface area is 120 Å². The Kier molecular flexibility index (Phi) is 4.05. The molecule has 0 aliphatic heterocycles. The quantitative estimate of drug-likeness (QED) is 0.863. The number of carbonyl (C=O) groups excluding carboxylic acids is 1. The van der Waals surface area contributed by atoms with Crippen LogP contribution in [-0.4, -0.2) is 5.78 Å². The van der Waals surface area contributed by atoms with Crippen molar-refractivity contribution in [1.82, 2.24) is 0 Å². The average molecular weight is 267 g/mol. The van der Waals surface area contributed by atoms with Crippen LogP contribution in [0.3, 0.4) is 0 Å². The van der Waals surface area contributed by atoms with Crippen molar-refractivity contribution in [2.75, 3.05) is 0 Å². The number of hydrogen-bond acceptors (Lipinski definition) is 2. The monoisotopic (exact) mass is 267 g/mol. The lowest BCUT2D eigenvalue weighted by Crippen LogP contribution is -2.10. The van der Waals surface area contributed by atoms with E-state index in [1.54, 1.807) is 0 Å². The summed E-state index contributed by atoms with van der Waals surface area (Å²) in [6, 6.07) is 9.72. The summed E-state index contributed by atoms with van der Waals surface area (Å²) in [4.78, 5) is 12.8. The molecule has 2 aromatic carbocycles. The molecule has 2 aromatic rings. The van der Waals surface area contributed by atoms with Crippen molar-refractivity contribution in [3.8, 4) is 0 Å². The minimum Gasteiger partial charge on any atom is -0.326 e. The number of benzene rings is 2. The first-order valence-electron chi connectivity index (χ1n) is 6.86. The van der Waals surface area contributed by atoms with Gasteiger partial charge in [0.05, 0.1) is 0 Å². The topological polar surface area (TPSA) is 43.1 Å². The van der Waals surface area contributed by atoms with Gasteiger partial charge in [0.25, 0.3) is 0 Å². The van der Waals surface area contributed by atoms with E-state index in [-0.39, 0.29) is 5.78 Å². The number of aryl methyl sites for hydroxylation is 2. The van der Waals surface area contributed by atoms with Gasteiger partial charge in [-0.3, -0.25) is 4.79 Å². The third-order valence-corrected chi connectivity index (χ3v) is 4.02. The number of hydrogen-bond donors (Lipinski definition) is 1. The molecule has 104 valence electrons. The van der Waals surface area contributed by atoms with Gasteiger partial charge in [0.2, 0.25) is 0 Å². The molecule has 0 bridgehead atoms. The van der Waals surface area contributed by atoms with Crippen LogP contribution in [0.5, 0.6) is 0 Å². The average Bonchev–Trinajstić information content (AvgIpc) is 2.45. The first-order valence-corrected chi connectivity index (χ1v) is 6.86. The molecule has 0 atom stereocenters. The molecule has 2 N–H and O–H groups in total. The van der Waals surface area contributed by atoms with Crippen molar-refractivity contribution in [3.05, 3.63) is 69.3 Å². The van der Waals surface area contributed by atoms with Crippen LogP contribution >= 0.6 is 0 Å². The lowest BCUT2D eigenvalue weighted by molar-refractivity contribution is 0.103. The summed E-state index contributed by atoms with van der Waals surface area (Å²) in [5.74, 6) is 0.0853. The van der Waals surface area contributed by atoms with Crippen molar-refractivity contribution >= 4 is 5.78 Å². The Bertz CT molecular complexity index is 645. The van der Waals surface area contributed by atoms with E-state index in [9.17, 15) is 4.79 Å². The summed E-state index contributed by atoms with van der Waals surface area (Å²) in [5, 5.41) is 0. The summed E-state index contributed by atoms with van der Waals surface area (Å²) in [6.45, 7) is 8.58. The Morgan fingerprint density at radius 1 is 1.00 bits per heavy atom. The third kappa shape index (κ3) is 2.52. The van der Waals surface area contributed by atoms with Crippen molar-refractivity contribution in [1.29, 1.82) is 0 Å². The Hall–Kier alpha value is -1.93. The standard InChI is InChI=1S/C18H21NO/c1-11-8-12(2)14(4)17(13(11)3)18(20)16-7-5-6-15(9-16)10-19/h5-9H,10,19H2,1-4H3. The molecule has 2 heteroatoms. The molecule has 0 aromatic heterocycles. The van der Waals surface area contributed by atoms with Crippen molar-refractivity contribution in [2.24, 2.45) is 5.73 Å². The van der Waals surface area contributed by atoms with E-state index in [0.717, 1.165) is 33.4 Å². The molecule has 0 saturated carbocycles. The molecule has 0 amide bonds. The predicted molar refractivity (Wildman–Crippen MR) is 83.2 cm³/mol. The van der Waals surface area contributed by atoms with Crippen molar-refractivity contribution < 1.29 is 4.79 Å². The summed E-state index contributed by atoms with van der Waals surface area (Å²) in [6.07, 6.45) is 0. The van der Waals surface area contributed by atoms with E-state index < -0.39 is 0 Å². The highest BCUT2D eigenvalue weighted by atomic mass is 16.1. The van der Waals surface area contributed by atoms with Crippen LogP contribution in [0.2, 0.25) is 0 Å². The highest BCUT2D eigenvalue weighted by molar-refractivity contribution is 6.11. The summed E-state index contributed by atoms with van der Waals surface area (Å²) in [5.41, 5.74) is 12.6. The molecule has 2 nitrogen and oxygen atoms in total. The van der Waals surface area contributed by atoms with E-state index >= 15 is 0 Å². The van der Waals surface area contributed by atoms with Gasteiger partial charge in [-0.25, -0.2) is 0 Å². The zero-order valence-corrected chi connectivity index (χ0v) is 12.6. The Morgan fingerprint density at radius 2 is 1.60 bits per heavy atom. The number of ketones is 1. The van der Waals surface area contributed by atoms with Gasteiger partial charge in [-0.2, -0.15) is 0 Å². The van der Waals surface area contributed by atoms with E-state index in [4.69, 9.17) is 5.73 Å². The fraction of sp³-hybridized carbons (Fsp3) is 0.278. The molecule has 20 heavy (non-hydrogen) atoms. The fourth-order valence-corrected chi connectivity index (χ4v) is 2.54. The largest absolute Gasteiger partial charge is 0.326 e. The highest BCUT2D eigenvalue weighted by Crippen LogP contribution is 2.24. The molecule has 0 heterocycles. The van der Waals surface area contributed by atoms with Gasteiger partial charge in [0.1, 0.15) is 0 Å². The SMILES string of the molecule is Cc1cc(C)c(C)c(C(=O)c2cccc(CN)c2)c1C. The minimum atomic E-state index is 0.0853. The molecule has 0 aliphatic carbocycles. The minimum absolute atomic E-state index is 0.0853. The summed E-state index contributed by atoms with van der Waals surface area (Å²) < 4.78 is 0. The van der Waals surface area contributed by atoms with Gasteiger partial charge in [0, 0.05) is 17.7 Å². The van der Waals surface area contributed by atoms with Crippen molar-refractivity contribution in [2.45, 2.75) is 34.2 Å². The maximum atomic E-state index is 12.8. The molecule has 0 spiro atoms. The lowest BCUT2D eigenvalue weighted by atomic mass is 9.89. The smallest absolute Gasteiger partial charge is 0.193 e. The normalized spacial score (nSPS) is 10.7. The maximum absolute atomic E-state index is 12.8. The number of carbonyl (C=O) groups is 1. The van der Waals surface area contributed by atoms with Gasteiger partial charge in [-0.15, -0.1) is 0 Å². The second-order valence-electron chi connectivity index (χ2n) is 5.37. The zero-order valence-electron chi connectivity index (χ0n) is 12.6. The molecule has 2 rings (SSSR count). The fourth-order valence-electron chi connectivity index (χ4n) is 2.54. The third-order valence-electron chi connectivity index (χ3n) is 4.02. The van der Waals surface area contributed by atoms with Gasteiger partial charge in [-0.05, 0) is 61.6 Å². The first kappa shape index (κ1) is 14.5. The van der Waals surface area contributed by atoms with E-state index in [0.29, 0.717) is 12.1 Å². The van der Waals surface area contributed by atoms with Crippen LogP contribution < -0.4 is 5.73 Å². The highest BCUT2D eigenvalue weighted by Gasteiger charge is 2.17. The van der Waals surface area contributed by atoms with Crippen LogP contribution in [0.1, 0.15) is 43.7 Å². The van der Waals surface area contributed by atoms with E-state index in [2.05, 4.69) is 19.9 Å². The number of nitrogens with two attached hydrogens (primary N) is 1. The second kappa shape index (κ2) is 5.59. The van der Waals surface area contributed by atoms with Gasteiger partial charge in [-0.1, -0.05) is 24.3 Å². The molecule has 0 fully saturated rings. The first-order chi connectivity index (χ1) is 9.45. The summed E-state index contributed by atoms with van der Waals surface area (Å²) in [7, 11) is 0. The Morgan fingerprint density at radius 3 is 2.15 bits per heavy atom. The lowest BCUT2D eigenvalue weighted by Gasteiger charge is -2.14. The molecular weight excluding hydrogens is 246 g/mol. The molecular formula is C18H21NO. The molecule has 0 radical (unpaired) electrons. The van der Waals surface area contributed by atoms with Crippen LogP contribution in [0.4, 0.5) is 0 Å². The van der Waals surface area contributed by atoms with Crippen LogP contribution in [0.25, 0.3) is 0 Å². The molecule has 0 saturated heterocycles. The second-order valence-corrected chi connectivity index (χ2v) is 5.37. The van der Waals surface area contributed by atoms with Gasteiger partial charge >= 0.3 is 0 Å². The maximum Gasteiger partial charge on any atom is 0.193 e. The summed E-state index contributed by atoms with van der Waals surface area (Å²) >= 11 is 0. The number of rotatable bonds is 3.